The van der Waals surface area contributed by atoms with Crippen molar-refractivity contribution in [2.45, 2.75) is 13.0 Å². The fraction of sp³-hybridized carbons (Fsp3) is 0.417. The molecule has 0 radical (unpaired) electrons. The fourth-order valence-electron chi connectivity index (χ4n) is 1.30. The first-order valence-corrected chi connectivity index (χ1v) is 6.16. The van der Waals surface area contributed by atoms with Crippen LogP contribution in [-0.4, -0.2) is 31.0 Å². The van der Waals surface area contributed by atoms with Crippen LogP contribution in [0.25, 0.3) is 0 Å². The molecular weight excluding hydrogens is 284 g/mol. The average Bonchev–Trinajstić information content (AvgIpc) is 2.34. The summed E-state index contributed by atoms with van der Waals surface area (Å²) in [6, 6.07) is 7.48. The Labute approximate surface area is 109 Å². The van der Waals surface area contributed by atoms with Gasteiger partial charge in [0.05, 0.1) is 24.0 Å². The number of hydrogen-bond donors (Lipinski definition) is 2. The molecule has 4 nitrogen and oxygen atoms in total. The number of anilines is 1. The van der Waals surface area contributed by atoms with E-state index in [0.29, 0.717) is 31.0 Å². The maximum absolute atomic E-state index is 9.58. The van der Waals surface area contributed by atoms with Gasteiger partial charge in [-0.25, -0.2) is 0 Å². The van der Waals surface area contributed by atoms with Gasteiger partial charge in [-0.15, -0.1) is 0 Å². The van der Waals surface area contributed by atoms with Crippen molar-refractivity contribution in [1.82, 2.24) is 0 Å². The second-order valence-corrected chi connectivity index (χ2v) is 4.41. The summed E-state index contributed by atoms with van der Waals surface area (Å²) < 4.78 is 5.95. The van der Waals surface area contributed by atoms with Gasteiger partial charge in [0.25, 0.3) is 0 Å². The predicted octanol–water partition coefficient (Wildman–Crippen LogP) is 2.13. The minimum atomic E-state index is -0.579. The molecule has 0 bridgehead atoms. The largest absolute Gasteiger partial charge is 0.389 e. The van der Waals surface area contributed by atoms with Crippen LogP contribution < -0.4 is 5.32 Å². The van der Waals surface area contributed by atoms with Crippen LogP contribution in [0.3, 0.4) is 0 Å². The molecule has 1 aromatic rings. The number of hydrogen-bond acceptors (Lipinski definition) is 4. The van der Waals surface area contributed by atoms with Crippen LogP contribution >= 0.6 is 15.9 Å². The number of benzene rings is 1. The molecule has 2 N–H and O–H groups in total. The highest BCUT2D eigenvalue weighted by Crippen LogP contribution is 2.20. The number of aliphatic hydroxyl groups is 1. The third-order valence-corrected chi connectivity index (χ3v) is 2.64. The van der Waals surface area contributed by atoms with E-state index in [4.69, 9.17) is 10.00 Å². The number of nitrogens with zero attached hydrogens (tertiary/aromatic N) is 1. The Morgan fingerprint density at radius 2 is 2.35 bits per heavy atom. The highest BCUT2D eigenvalue weighted by atomic mass is 79.9. The number of rotatable bonds is 6. The van der Waals surface area contributed by atoms with Crippen molar-refractivity contribution in [3.8, 4) is 6.07 Å². The van der Waals surface area contributed by atoms with Gasteiger partial charge in [-0.2, -0.15) is 5.26 Å². The van der Waals surface area contributed by atoms with E-state index in [1.165, 1.54) is 0 Å². The molecule has 1 unspecified atom stereocenters. The number of nitriles is 1. The molecule has 0 aliphatic carbocycles. The van der Waals surface area contributed by atoms with Crippen LogP contribution in [-0.2, 0) is 4.74 Å². The van der Waals surface area contributed by atoms with E-state index in [1.807, 2.05) is 13.0 Å². The van der Waals surface area contributed by atoms with Crippen molar-refractivity contribution >= 4 is 21.6 Å². The first kappa shape index (κ1) is 14.0. The molecule has 0 aliphatic heterocycles. The summed E-state index contributed by atoms with van der Waals surface area (Å²) in [4.78, 5) is 0. The lowest BCUT2D eigenvalue weighted by Crippen LogP contribution is -2.25. The molecule has 0 saturated heterocycles. The predicted molar refractivity (Wildman–Crippen MR) is 69.8 cm³/mol. The first-order valence-electron chi connectivity index (χ1n) is 5.36. The summed E-state index contributed by atoms with van der Waals surface area (Å²) in [6.07, 6.45) is -0.579. The van der Waals surface area contributed by atoms with Crippen LogP contribution in [0.2, 0.25) is 0 Å². The van der Waals surface area contributed by atoms with Crippen LogP contribution in [0.15, 0.2) is 22.7 Å². The third-order valence-electron chi connectivity index (χ3n) is 2.14. The van der Waals surface area contributed by atoms with Gasteiger partial charge in [-0.3, -0.25) is 0 Å². The van der Waals surface area contributed by atoms with Gasteiger partial charge < -0.3 is 15.2 Å². The molecular formula is C12H15BrN2O2. The summed E-state index contributed by atoms with van der Waals surface area (Å²) in [5.74, 6) is 0. The molecule has 0 aliphatic rings. The molecule has 17 heavy (non-hydrogen) atoms. The van der Waals surface area contributed by atoms with E-state index < -0.39 is 6.10 Å². The fourth-order valence-corrected chi connectivity index (χ4v) is 1.66. The molecule has 0 amide bonds. The highest BCUT2D eigenvalue weighted by Gasteiger charge is 2.06. The van der Waals surface area contributed by atoms with Crippen molar-refractivity contribution in [3.63, 3.8) is 0 Å². The quantitative estimate of drug-likeness (QED) is 0.844. The average molecular weight is 299 g/mol. The summed E-state index contributed by atoms with van der Waals surface area (Å²) in [6.45, 7) is 3.11. The van der Waals surface area contributed by atoms with Crippen molar-refractivity contribution in [2.75, 3.05) is 25.1 Å². The van der Waals surface area contributed by atoms with Crippen molar-refractivity contribution in [3.05, 3.63) is 28.2 Å². The van der Waals surface area contributed by atoms with Gasteiger partial charge >= 0.3 is 0 Å². The monoisotopic (exact) mass is 298 g/mol. The van der Waals surface area contributed by atoms with E-state index in [0.717, 1.165) is 4.47 Å². The van der Waals surface area contributed by atoms with Crippen LogP contribution in [0.1, 0.15) is 12.5 Å². The number of halogens is 1. The normalized spacial score (nSPS) is 11.9. The summed E-state index contributed by atoms with van der Waals surface area (Å²) >= 11 is 3.30. The Bertz CT molecular complexity index is 404. The van der Waals surface area contributed by atoms with E-state index in [2.05, 4.69) is 27.3 Å². The van der Waals surface area contributed by atoms with Crippen molar-refractivity contribution in [2.24, 2.45) is 0 Å². The molecule has 0 fully saturated rings. The van der Waals surface area contributed by atoms with E-state index in [1.54, 1.807) is 12.1 Å². The molecule has 5 heteroatoms. The first-order chi connectivity index (χ1) is 8.17. The molecule has 0 spiro atoms. The lowest BCUT2D eigenvalue weighted by atomic mass is 10.2. The summed E-state index contributed by atoms with van der Waals surface area (Å²) in [5.41, 5.74) is 1.26. The SMILES string of the molecule is CCOCC(O)CNc1ccc(Br)cc1C#N. The van der Waals surface area contributed by atoms with Crippen LogP contribution in [0.4, 0.5) is 5.69 Å². The Hall–Kier alpha value is -1.09. The zero-order chi connectivity index (χ0) is 12.7. The van der Waals surface area contributed by atoms with Gasteiger partial charge in [0.1, 0.15) is 6.07 Å². The minimum Gasteiger partial charge on any atom is -0.389 e. The molecule has 0 saturated carbocycles. The molecule has 1 aromatic carbocycles. The van der Waals surface area contributed by atoms with Gasteiger partial charge in [0.15, 0.2) is 0 Å². The maximum atomic E-state index is 9.58. The topological polar surface area (TPSA) is 65.3 Å². The zero-order valence-electron chi connectivity index (χ0n) is 9.61. The smallest absolute Gasteiger partial charge is 0.101 e. The van der Waals surface area contributed by atoms with Crippen LogP contribution in [0.5, 0.6) is 0 Å². The van der Waals surface area contributed by atoms with Gasteiger partial charge in [-0.05, 0) is 25.1 Å². The maximum Gasteiger partial charge on any atom is 0.101 e. The van der Waals surface area contributed by atoms with E-state index in [9.17, 15) is 5.11 Å². The van der Waals surface area contributed by atoms with Gasteiger partial charge in [0, 0.05) is 17.6 Å². The van der Waals surface area contributed by atoms with E-state index >= 15 is 0 Å². The Morgan fingerprint density at radius 3 is 3.00 bits per heavy atom. The lowest BCUT2D eigenvalue weighted by molar-refractivity contribution is 0.0496. The van der Waals surface area contributed by atoms with Crippen molar-refractivity contribution in [1.29, 1.82) is 5.26 Å². The molecule has 1 rings (SSSR count). The van der Waals surface area contributed by atoms with Crippen molar-refractivity contribution < 1.29 is 9.84 Å². The Kier molecular flexibility index (Phi) is 5.98. The highest BCUT2D eigenvalue weighted by molar-refractivity contribution is 9.10. The van der Waals surface area contributed by atoms with Crippen LogP contribution in [0, 0.1) is 11.3 Å². The van der Waals surface area contributed by atoms with E-state index in [-0.39, 0.29) is 0 Å². The number of nitrogens with one attached hydrogen (secondary N) is 1. The molecule has 0 heterocycles. The molecule has 1 atom stereocenters. The second-order valence-electron chi connectivity index (χ2n) is 3.50. The number of ether oxygens (including phenoxy) is 1. The van der Waals surface area contributed by atoms with Gasteiger partial charge in [0.2, 0.25) is 0 Å². The molecule has 92 valence electrons. The Balaban J connectivity index is 2.54. The van der Waals surface area contributed by atoms with Gasteiger partial charge in [-0.1, -0.05) is 15.9 Å². The minimum absolute atomic E-state index is 0.294. The zero-order valence-corrected chi connectivity index (χ0v) is 11.2. The summed E-state index contributed by atoms with van der Waals surface area (Å²) in [7, 11) is 0. The Morgan fingerprint density at radius 1 is 1.59 bits per heavy atom. The summed E-state index contributed by atoms with van der Waals surface area (Å²) in [5, 5.41) is 21.6. The second kappa shape index (κ2) is 7.28. The standard InChI is InChI=1S/C12H15BrN2O2/c1-2-17-8-11(16)7-15-12-4-3-10(13)5-9(12)6-14/h3-5,11,15-16H,2,7-8H2,1H3. The number of aliphatic hydroxyl groups excluding tert-OH is 1. The lowest BCUT2D eigenvalue weighted by Gasteiger charge is -2.13. The third kappa shape index (κ3) is 4.73. The molecule has 0 aromatic heterocycles.